The molecule has 0 aromatic heterocycles. The summed E-state index contributed by atoms with van der Waals surface area (Å²) in [6, 6.07) is 26.3. The number of nitrogens with one attached hydrogen (secondary N) is 1. The number of halogens is 1. The van der Waals surface area contributed by atoms with Gasteiger partial charge in [0.15, 0.2) is 0 Å². The molecule has 47 heavy (non-hydrogen) atoms. The normalized spacial score (nSPS) is 11.9. The van der Waals surface area contributed by atoms with Crippen LogP contribution in [0.2, 0.25) is 5.02 Å². The molecular formula is C36H40ClN3O6S. The Morgan fingerprint density at radius 1 is 0.851 bits per heavy atom. The lowest BCUT2D eigenvalue weighted by Gasteiger charge is -2.34. The molecule has 0 heterocycles. The first kappa shape index (κ1) is 35.3. The zero-order chi connectivity index (χ0) is 34.1. The molecule has 0 saturated heterocycles. The van der Waals surface area contributed by atoms with E-state index in [1.54, 1.807) is 43.5 Å². The second-order valence-electron chi connectivity index (χ2n) is 11.4. The Labute approximate surface area is 282 Å². The van der Waals surface area contributed by atoms with E-state index in [9.17, 15) is 18.0 Å². The Morgan fingerprint density at radius 2 is 1.53 bits per heavy atom. The van der Waals surface area contributed by atoms with E-state index in [0.29, 0.717) is 17.1 Å². The highest BCUT2D eigenvalue weighted by Gasteiger charge is 2.35. The SMILES string of the molecule is COc1cccc(CN(C(=O)CN(c2ccc(OC)c(Cl)c2)S(=O)(=O)c2ccc(C)cc2)[C@H](Cc2ccccc2)C(=O)NC(C)C)c1. The second kappa shape index (κ2) is 15.8. The minimum absolute atomic E-state index is 0.000530. The highest BCUT2D eigenvalue weighted by Crippen LogP contribution is 2.32. The van der Waals surface area contributed by atoms with Gasteiger partial charge in [0, 0.05) is 19.0 Å². The number of ether oxygens (including phenoxy) is 2. The van der Waals surface area contributed by atoms with Gasteiger partial charge in [-0.15, -0.1) is 0 Å². The number of aryl methyl sites for hydroxylation is 1. The maximum absolute atomic E-state index is 14.6. The molecule has 4 rings (SSSR count). The molecule has 0 aliphatic heterocycles. The van der Waals surface area contributed by atoms with Gasteiger partial charge in [-0.05, 0) is 74.4 Å². The average molecular weight is 678 g/mol. The van der Waals surface area contributed by atoms with E-state index in [1.165, 1.54) is 36.3 Å². The van der Waals surface area contributed by atoms with Gasteiger partial charge in [-0.2, -0.15) is 0 Å². The fourth-order valence-electron chi connectivity index (χ4n) is 5.08. The number of benzene rings is 4. The second-order valence-corrected chi connectivity index (χ2v) is 13.7. The fraction of sp³-hybridized carbons (Fsp3) is 0.278. The molecule has 0 spiro atoms. The topological polar surface area (TPSA) is 105 Å². The maximum Gasteiger partial charge on any atom is 0.264 e. The zero-order valence-electron chi connectivity index (χ0n) is 27.1. The molecule has 0 aliphatic carbocycles. The van der Waals surface area contributed by atoms with Crippen molar-refractivity contribution in [2.75, 3.05) is 25.1 Å². The summed E-state index contributed by atoms with van der Waals surface area (Å²) in [7, 11) is -1.28. The summed E-state index contributed by atoms with van der Waals surface area (Å²) < 4.78 is 40.2. The number of hydrogen-bond acceptors (Lipinski definition) is 6. The van der Waals surface area contributed by atoms with E-state index in [0.717, 1.165) is 15.4 Å². The van der Waals surface area contributed by atoms with E-state index in [-0.39, 0.29) is 40.5 Å². The number of anilines is 1. The average Bonchev–Trinajstić information content (AvgIpc) is 3.05. The van der Waals surface area contributed by atoms with Crippen molar-refractivity contribution >= 4 is 39.1 Å². The van der Waals surface area contributed by atoms with Crippen molar-refractivity contribution < 1.29 is 27.5 Å². The van der Waals surface area contributed by atoms with Crippen molar-refractivity contribution in [2.24, 2.45) is 0 Å². The predicted octanol–water partition coefficient (Wildman–Crippen LogP) is 6.03. The summed E-state index contributed by atoms with van der Waals surface area (Å²) in [5.41, 5.74) is 2.58. The molecule has 0 aliphatic rings. The van der Waals surface area contributed by atoms with Gasteiger partial charge in [0.05, 0.1) is 29.8 Å². The van der Waals surface area contributed by atoms with Crippen LogP contribution < -0.4 is 19.1 Å². The highest BCUT2D eigenvalue weighted by molar-refractivity contribution is 7.92. The van der Waals surface area contributed by atoms with Crippen molar-refractivity contribution in [1.29, 1.82) is 0 Å². The molecule has 0 bridgehead atoms. The van der Waals surface area contributed by atoms with E-state index in [2.05, 4.69) is 5.32 Å². The summed E-state index contributed by atoms with van der Waals surface area (Å²) in [6.45, 7) is 4.94. The van der Waals surface area contributed by atoms with Gasteiger partial charge in [0.1, 0.15) is 24.1 Å². The molecule has 0 unspecified atom stereocenters. The van der Waals surface area contributed by atoms with Crippen molar-refractivity contribution in [1.82, 2.24) is 10.2 Å². The molecule has 4 aromatic rings. The predicted molar refractivity (Wildman–Crippen MR) is 184 cm³/mol. The molecule has 11 heteroatoms. The van der Waals surface area contributed by atoms with Gasteiger partial charge in [-0.25, -0.2) is 8.42 Å². The van der Waals surface area contributed by atoms with Crippen molar-refractivity contribution in [2.45, 2.75) is 50.7 Å². The molecule has 0 radical (unpaired) electrons. The third-order valence-electron chi connectivity index (χ3n) is 7.50. The van der Waals surface area contributed by atoms with Crippen LogP contribution in [-0.2, 0) is 32.6 Å². The van der Waals surface area contributed by atoms with Gasteiger partial charge >= 0.3 is 0 Å². The molecule has 9 nitrogen and oxygen atoms in total. The van der Waals surface area contributed by atoms with Gasteiger partial charge in [0.25, 0.3) is 10.0 Å². The number of rotatable bonds is 14. The van der Waals surface area contributed by atoms with Crippen LogP contribution in [0.25, 0.3) is 0 Å². The summed E-state index contributed by atoms with van der Waals surface area (Å²) >= 11 is 6.45. The van der Waals surface area contributed by atoms with Crippen LogP contribution in [0, 0.1) is 6.92 Å². The van der Waals surface area contributed by atoms with Crippen molar-refractivity contribution in [3.8, 4) is 11.5 Å². The van der Waals surface area contributed by atoms with Crippen LogP contribution in [0.3, 0.4) is 0 Å². The number of methoxy groups -OCH3 is 2. The van der Waals surface area contributed by atoms with E-state index >= 15 is 0 Å². The Balaban J connectivity index is 1.84. The molecular weight excluding hydrogens is 638 g/mol. The summed E-state index contributed by atoms with van der Waals surface area (Å²) in [5, 5.41) is 3.13. The lowest BCUT2D eigenvalue weighted by atomic mass is 10.0. The molecule has 1 N–H and O–H groups in total. The zero-order valence-corrected chi connectivity index (χ0v) is 28.7. The minimum atomic E-state index is -4.28. The smallest absolute Gasteiger partial charge is 0.264 e. The van der Waals surface area contributed by atoms with Gasteiger partial charge in [0.2, 0.25) is 11.8 Å². The standard InChI is InChI=1S/C36H40ClN3O6S/c1-25(2)38-36(42)33(21-27-10-7-6-8-11-27)39(23-28-12-9-13-30(20-28)45-4)35(41)24-40(29-16-19-34(46-5)32(37)22-29)47(43,44)31-17-14-26(3)15-18-31/h6-20,22,25,33H,21,23-24H2,1-5H3,(H,38,42)/t33-/m1/s1. The Morgan fingerprint density at radius 3 is 2.15 bits per heavy atom. The largest absolute Gasteiger partial charge is 0.497 e. The number of hydrogen-bond donors (Lipinski definition) is 1. The van der Waals surface area contributed by atoms with Crippen LogP contribution in [0.1, 0.15) is 30.5 Å². The monoisotopic (exact) mass is 677 g/mol. The van der Waals surface area contributed by atoms with Crippen LogP contribution >= 0.6 is 11.6 Å². The van der Waals surface area contributed by atoms with Gasteiger partial charge < -0.3 is 19.7 Å². The molecule has 248 valence electrons. The fourth-order valence-corrected chi connectivity index (χ4v) is 6.74. The van der Waals surface area contributed by atoms with Crippen LogP contribution in [0.5, 0.6) is 11.5 Å². The van der Waals surface area contributed by atoms with Crippen LogP contribution in [-0.4, -0.2) is 58.0 Å². The number of carbonyl (C=O) groups is 2. The Kier molecular flexibility index (Phi) is 11.9. The highest BCUT2D eigenvalue weighted by atomic mass is 35.5. The summed E-state index contributed by atoms with van der Waals surface area (Å²) in [6.07, 6.45) is 0.203. The van der Waals surface area contributed by atoms with E-state index in [4.69, 9.17) is 21.1 Å². The molecule has 0 fully saturated rings. The lowest BCUT2D eigenvalue weighted by Crippen LogP contribution is -2.54. The van der Waals surface area contributed by atoms with Crippen molar-refractivity contribution in [3.05, 3.63) is 119 Å². The summed E-state index contributed by atoms with van der Waals surface area (Å²) in [5.74, 6) is -0.0178. The third-order valence-corrected chi connectivity index (χ3v) is 9.58. The maximum atomic E-state index is 14.6. The quantitative estimate of drug-likeness (QED) is 0.175. The first-order valence-electron chi connectivity index (χ1n) is 15.1. The minimum Gasteiger partial charge on any atom is -0.497 e. The van der Waals surface area contributed by atoms with E-state index < -0.39 is 28.5 Å². The molecule has 4 aromatic carbocycles. The number of amides is 2. The van der Waals surface area contributed by atoms with Gasteiger partial charge in [-0.1, -0.05) is 71.8 Å². The number of carbonyl (C=O) groups excluding carboxylic acids is 2. The molecule has 0 saturated carbocycles. The lowest BCUT2D eigenvalue weighted by molar-refractivity contribution is -0.140. The van der Waals surface area contributed by atoms with Crippen LogP contribution in [0.4, 0.5) is 5.69 Å². The first-order chi connectivity index (χ1) is 22.4. The number of nitrogens with zero attached hydrogens (tertiary/aromatic N) is 2. The Hall–Kier alpha value is -4.54. The summed E-state index contributed by atoms with van der Waals surface area (Å²) in [4.78, 5) is 29.9. The number of sulfonamides is 1. The first-order valence-corrected chi connectivity index (χ1v) is 16.9. The van der Waals surface area contributed by atoms with Crippen molar-refractivity contribution in [3.63, 3.8) is 0 Å². The third kappa shape index (κ3) is 9.05. The van der Waals surface area contributed by atoms with E-state index in [1.807, 2.05) is 57.2 Å². The molecule has 2 amide bonds. The van der Waals surface area contributed by atoms with Crippen LogP contribution in [0.15, 0.2) is 102 Å². The molecule has 1 atom stereocenters. The van der Waals surface area contributed by atoms with Gasteiger partial charge in [-0.3, -0.25) is 13.9 Å². The Bertz CT molecular complexity index is 1780.